The Bertz CT molecular complexity index is 1050. The number of anilines is 1. The number of hydrogen-bond donors (Lipinski definition) is 1. The molecule has 7 heteroatoms. The van der Waals surface area contributed by atoms with Crippen molar-refractivity contribution in [1.82, 2.24) is 0 Å². The number of carbonyl (C=O) groups is 2. The van der Waals surface area contributed by atoms with E-state index in [-0.39, 0.29) is 18.1 Å². The highest BCUT2D eigenvalue weighted by atomic mass is 16.5. The van der Waals surface area contributed by atoms with Crippen LogP contribution in [-0.4, -0.2) is 33.2 Å². The molecule has 160 valence electrons. The summed E-state index contributed by atoms with van der Waals surface area (Å²) in [6, 6.07) is 19.1. The normalized spacial score (nSPS) is 10.2. The van der Waals surface area contributed by atoms with Crippen LogP contribution in [0.3, 0.4) is 0 Å². The van der Waals surface area contributed by atoms with Crippen molar-refractivity contribution < 1.29 is 28.5 Å². The number of hydrogen-bond acceptors (Lipinski definition) is 6. The molecule has 1 amide bonds. The van der Waals surface area contributed by atoms with Gasteiger partial charge in [-0.15, -0.1) is 0 Å². The van der Waals surface area contributed by atoms with Crippen LogP contribution in [-0.2, 0) is 11.3 Å². The summed E-state index contributed by atoms with van der Waals surface area (Å²) in [5, 5.41) is 2.82. The minimum absolute atomic E-state index is 0.0386. The third-order valence-corrected chi connectivity index (χ3v) is 4.54. The third kappa shape index (κ3) is 5.33. The molecule has 3 aromatic carbocycles. The molecule has 3 aromatic rings. The molecule has 0 unspecified atom stereocenters. The molecule has 0 aromatic heterocycles. The fourth-order valence-corrected chi connectivity index (χ4v) is 2.89. The van der Waals surface area contributed by atoms with E-state index in [9.17, 15) is 9.59 Å². The van der Waals surface area contributed by atoms with Gasteiger partial charge in [-0.1, -0.05) is 30.3 Å². The summed E-state index contributed by atoms with van der Waals surface area (Å²) < 4.78 is 21.1. The summed E-state index contributed by atoms with van der Waals surface area (Å²) in [7, 11) is 4.44. The number of amides is 1. The van der Waals surface area contributed by atoms with Crippen molar-refractivity contribution in [2.45, 2.75) is 6.61 Å². The van der Waals surface area contributed by atoms with Gasteiger partial charge in [-0.25, -0.2) is 4.79 Å². The Morgan fingerprint density at radius 2 is 1.39 bits per heavy atom. The second kappa shape index (κ2) is 10.2. The Morgan fingerprint density at radius 3 is 2.00 bits per heavy atom. The maximum absolute atomic E-state index is 12.6. The van der Waals surface area contributed by atoms with Crippen molar-refractivity contribution in [3.8, 4) is 17.2 Å². The zero-order valence-corrected chi connectivity index (χ0v) is 17.5. The molecule has 0 bridgehead atoms. The molecule has 0 aliphatic rings. The molecule has 0 atom stereocenters. The van der Waals surface area contributed by atoms with E-state index in [2.05, 4.69) is 5.32 Å². The molecule has 7 nitrogen and oxygen atoms in total. The van der Waals surface area contributed by atoms with Gasteiger partial charge >= 0.3 is 5.97 Å². The average Bonchev–Trinajstić information content (AvgIpc) is 2.82. The summed E-state index contributed by atoms with van der Waals surface area (Å²) >= 11 is 0. The Morgan fingerprint density at radius 1 is 0.774 bits per heavy atom. The van der Waals surface area contributed by atoms with E-state index >= 15 is 0 Å². The van der Waals surface area contributed by atoms with Gasteiger partial charge < -0.3 is 24.3 Å². The first-order chi connectivity index (χ1) is 15.0. The molecular formula is C24H23NO6. The van der Waals surface area contributed by atoms with Gasteiger partial charge in [0.15, 0.2) is 11.5 Å². The van der Waals surface area contributed by atoms with Gasteiger partial charge in [-0.2, -0.15) is 0 Å². The van der Waals surface area contributed by atoms with Crippen LogP contribution >= 0.6 is 0 Å². The lowest BCUT2D eigenvalue weighted by Crippen LogP contribution is -2.12. The standard InChI is InChI=1S/C24H23NO6/c1-28-20-14-22(30-3)21(29-2)13-19(20)24(27)31-15-16-9-11-17(12-10-16)23(26)25-18-7-5-4-6-8-18/h4-14H,15H2,1-3H3,(H,25,26). The fourth-order valence-electron chi connectivity index (χ4n) is 2.89. The van der Waals surface area contributed by atoms with E-state index in [1.54, 1.807) is 30.3 Å². The van der Waals surface area contributed by atoms with Gasteiger partial charge in [0, 0.05) is 23.4 Å². The molecule has 0 saturated heterocycles. The maximum atomic E-state index is 12.6. The van der Waals surface area contributed by atoms with Gasteiger partial charge in [-0.3, -0.25) is 4.79 Å². The highest BCUT2D eigenvalue weighted by Gasteiger charge is 2.19. The summed E-state index contributed by atoms with van der Waals surface area (Å²) in [4.78, 5) is 24.9. The zero-order chi connectivity index (χ0) is 22.2. The van der Waals surface area contributed by atoms with Crippen LogP contribution in [0.25, 0.3) is 0 Å². The fraction of sp³-hybridized carbons (Fsp3) is 0.167. The SMILES string of the molecule is COc1cc(OC)c(C(=O)OCc2ccc(C(=O)Nc3ccccc3)cc2)cc1OC. The number of rotatable bonds is 8. The number of methoxy groups -OCH3 is 3. The van der Waals surface area contributed by atoms with Gasteiger partial charge in [-0.05, 0) is 29.8 Å². The lowest BCUT2D eigenvalue weighted by molar-refractivity contribution is 0.0468. The third-order valence-electron chi connectivity index (χ3n) is 4.54. The molecule has 0 aliphatic heterocycles. The van der Waals surface area contributed by atoms with Crippen LogP contribution in [0.5, 0.6) is 17.2 Å². The second-order valence-electron chi connectivity index (χ2n) is 6.50. The highest BCUT2D eigenvalue weighted by Crippen LogP contribution is 2.35. The molecule has 0 fully saturated rings. The number of benzene rings is 3. The lowest BCUT2D eigenvalue weighted by Gasteiger charge is -2.13. The quantitative estimate of drug-likeness (QED) is 0.546. The Hall–Kier alpha value is -4.00. The van der Waals surface area contributed by atoms with E-state index in [1.807, 2.05) is 30.3 Å². The molecule has 0 saturated carbocycles. The minimum atomic E-state index is -0.566. The highest BCUT2D eigenvalue weighted by molar-refractivity contribution is 6.04. The average molecular weight is 421 g/mol. The van der Waals surface area contributed by atoms with Crippen LogP contribution in [0.15, 0.2) is 66.7 Å². The number of carbonyl (C=O) groups excluding carboxylic acids is 2. The van der Waals surface area contributed by atoms with Crippen LogP contribution < -0.4 is 19.5 Å². The van der Waals surface area contributed by atoms with E-state index in [4.69, 9.17) is 18.9 Å². The molecule has 3 rings (SSSR count). The number of ether oxygens (including phenoxy) is 4. The van der Waals surface area contributed by atoms with Gasteiger partial charge in [0.05, 0.1) is 21.3 Å². The van der Waals surface area contributed by atoms with E-state index < -0.39 is 5.97 Å². The smallest absolute Gasteiger partial charge is 0.342 e. The molecular weight excluding hydrogens is 398 g/mol. The molecule has 0 spiro atoms. The Kier molecular flexibility index (Phi) is 7.11. The first kappa shape index (κ1) is 21.7. The predicted octanol–water partition coefficient (Wildman–Crippen LogP) is 4.32. The summed E-state index contributed by atoms with van der Waals surface area (Å²) in [6.07, 6.45) is 0. The van der Waals surface area contributed by atoms with E-state index in [0.29, 0.717) is 22.8 Å². The van der Waals surface area contributed by atoms with E-state index in [1.165, 1.54) is 27.4 Å². The number of esters is 1. The van der Waals surface area contributed by atoms with E-state index in [0.717, 1.165) is 11.3 Å². The van der Waals surface area contributed by atoms with Crippen molar-refractivity contribution in [1.29, 1.82) is 0 Å². The monoisotopic (exact) mass is 421 g/mol. The van der Waals surface area contributed by atoms with Crippen molar-refractivity contribution in [2.24, 2.45) is 0 Å². The van der Waals surface area contributed by atoms with Crippen molar-refractivity contribution in [3.05, 3.63) is 83.4 Å². The van der Waals surface area contributed by atoms with Crippen molar-refractivity contribution >= 4 is 17.6 Å². The molecule has 31 heavy (non-hydrogen) atoms. The molecule has 0 aliphatic carbocycles. The van der Waals surface area contributed by atoms with Crippen molar-refractivity contribution in [3.63, 3.8) is 0 Å². The van der Waals surface area contributed by atoms with Crippen LogP contribution in [0.2, 0.25) is 0 Å². The largest absolute Gasteiger partial charge is 0.496 e. The first-order valence-corrected chi connectivity index (χ1v) is 9.48. The Balaban J connectivity index is 1.65. The van der Waals surface area contributed by atoms with Crippen LogP contribution in [0, 0.1) is 0 Å². The number of para-hydroxylation sites is 1. The molecule has 1 N–H and O–H groups in total. The summed E-state index contributed by atoms with van der Waals surface area (Å²) in [5.74, 6) is 0.369. The zero-order valence-electron chi connectivity index (χ0n) is 17.5. The van der Waals surface area contributed by atoms with Gasteiger partial charge in [0.2, 0.25) is 0 Å². The minimum Gasteiger partial charge on any atom is -0.496 e. The number of nitrogens with one attached hydrogen (secondary N) is 1. The van der Waals surface area contributed by atoms with Crippen molar-refractivity contribution in [2.75, 3.05) is 26.6 Å². The maximum Gasteiger partial charge on any atom is 0.342 e. The van der Waals surface area contributed by atoms with Gasteiger partial charge in [0.25, 0.3) is 5.91 Å². The summed E-state index contributed by atoms with van der Waals surface area (Å²) in [6.45, 7) is 0.0386. The second-order valence-corrected chi connectivity index (χ2v) is 6.50. The molecule has 0 radical (unpaired) electrons. The predicted molar refractivity (Wildman–Crippen MR) is 116 cm³/mol. The van der Waals surface area contributed by atoms with Crippen LogP contribution in [0.1, 0.15) is 26.3 Å². The van der Waals surface area contributed by atoms with Crippen LogP contribution in [0.4, 0.5) is 5.69 Å². The molecule has 0 heterocycles. The van der Waals surface area contributed by atoms with Gasteiger partial charge in [0.1, 0.15) is 17.9 Å². The summed E-state index contributed by atoms with van der Waals surface area (Å²) in [5.41, 5.74) is 2.18. The first-order valence-electron chi connectivity index (χ1n) is 9.48. The Labute approximate surface area is 180 Å². The lowest BCUT2D eigenvalue weighted by atomic mass is 10.1. The topological polar surface area (TPSA) is 83.1 Å².